The second-order valence-electron chi connectivity index (χ2n) is 9.59. The number of nitrogens with zero attached hydrogens (tertiary/aromatic N) is 1. The van der Waals surface area contributed by atoms with E-state index in [0.717, 1.165) is 17.0 Å². The van der Waals surface area contributed by atoms with E-state index in [-0.39, 0.29) is 31.9 Å². The van der Waals surface area contributed by atoms with Gasteiger partial charge in [0.05, 0.1) is 12.1 Å². The van der Waals surface area contributed by atoms with Gasteiger partial charge in [-0.3, -0.25) is 0 Å². The minimum atomic E-state index is -6.49. The van der Waals surface area contributed by atoms with E-state index in [4.69, 9.17) is 14.2 Å². The second kappa shape index (κ2) is 15.5. The predicted molar refractivity (Wildman–Crippen MR) is 138 cm³/mol. The monoisotopic (exact) mass is 665 g/mol. The fraction of sp³-hybridized carbons (Fsp3) is 0.500. The zero-order chi connectivity index (χ0) is 34.1. The van der Waals surface area contributed by atoms with E-state index in [1.165, 1.54) is 12.1 Å². The third-order valence-electron chi connectivity index (χ3n) is 6.23. The number of carbonyl (C=O) groups excluding carboxylic acids is 1. The van der Waals surface area contributed by atoms with E-state index in [1.807, 2.05) is 0 Å². The number of carboxylic acid groups (broad SMARTS) is 1. The number of hydrogen-bond acceptors (Lipinski definition) is 5. The summed E-state index contributed by atoms with van der Waals surface area (Å²) >= 11 is 0. The first-order valence-electron chi connectivity index (χ1n) is 13.3. The molecule has 0 fully saturated rings. The molecule has 0 spiro atoms. The van der Waals surface area contributed by atoms with Crippen LogP contribution in [0.2, 0.25) is 0 Å². The molecule has 0 aliphatic rings. The summed E-state index contributed by atoms with van der Waals surface area (Å²) in [5.41, 5.74) is -0.558. The Morgan fingerprint density at radius 2 is 1.51 bits per heavy atom. The Bertz CT molecular complexity index is 1250. The van der Waals surface area contributed by atoms with Crippen LogP contribution in [0.15, 0.2) is 48.5 Å². The molecule has 2 aromatic carbocycles. The number of benzene rings is 2. The second-order valence-corrected chi connectivity index (χ2v) is 9.59. The first-order chi connectivity index (χ1) is 20.8. The quantitative estimate of drug-likeness (QED) is 0.147. The lowest BCUT2D eigenvalue weighted by Crippen LogP contribution is -2.51. The molecule has 0 saturated carbocycles. The number of amides is 1. The summed E-state index contributed by atoms with van der Waals surface area (Å²) in [4.78, 5) is 24.8. The lowest BCUT2D eigenvalue weighted by atomic mass is 10.0. The smallest absolute Gasteiger partial charge is 0.459 e. The van der Waals surface area contributed by atoms with Gasteiger partial charge in [0.25, 0.3) is 0 Å². The maximum Gasteiger partial charge on any atom is 0.459 e. The van der Waals surface area contributed by atoms with Gasteiger partial charge in [0.2, 0.25) is 0 Å². The van der Waals surface area contributed by atoms with Gasteiger partial charge in [0.15, 0.2) is 6.10 Å². The molecule has 0 aliphatic carbocycles. The number of alkyl halides is 10. The summed E-state index contributed by atoms with van der Waals surface area (Å²) in [6, 6.07) is 9.24. The molecule has 0 heterocycles. The van der Waals surface area contributed by atoms with Gasteiger partial charge in [-0.05, 0) is 55.7 Å². The fourth-order valence-electron chi connectivity index (χ4n) is 3.84. The number of halogens is 10. The molecule has 252 valence electrons. The SMILES string of the molecule is CCOC(Cc1ccc(OCCN(CCCCC(F)(F)C(F)(F)C(F)(F)F)C(=O)Oc2cccc(C(F)(F)F)c2)cc1)C(=O)O. The van der Waals surface area contributed by atoms with Crippen molar-refractivity contribution < 1.29 is 72.8 Å². The summed E-state index contributed by atoms with van der Waals surface area (Å²) in [5, 5.41) is 9.20. The van der Waals surface area contributed by atoms with Crippen LogP contribution in [0.25, 0.3) is 0 Å². The molecule has 0 aliphatic heterocycles. The Hall–Kier alpha value is -3.76. The predicted octanol–water partition coefficient (Wildman–Crippen LogP) is 7.62. The topological polar surface area (TPSA) is 85.3 Å². The van der Waals surface area contributed by atoms with Crippen LogP contribution in [0.4, 0.5) is 48.7 Å². The van der Waals surface area contributed by atoms with Crippen molar-refractivity contribution in [1.29, 1.82) is 0 Å². The van der Waals surface area contributed by atoms with Crippen LogP contribution in [0.3, 0.4) is 0 Å². The Labute approximate surface area is 250 Å². The summed E-state index contributed by atoms with van der Waals surface area (Å²) in [6.45, 7) is 0.637. The van der Waals surface area contributed by atoms with Crippen molar-refractivity contribution in [2.75, 3.05) is 26.3 Å². The van der Waals surface area contributed by atoms with Gasteiger partial charge in [0.1, 0.15) is 18.1 Å². The number of hydrogen-bond donors (Lipinski definition) is 1. The van der Waals surface area contributed by atoms with Crippen molar-refractivity contribution in [3.63, 3.8) is 0 Å². The summed E-state index contributed by atoms with van der Waals surface area (Å²) in [5.74, 6) is -13.2. The molecule has 1 atom stereocenters. The van der Waals surface area contributed by atoms with Gasteiger partial charge in [-0.2, -0.15) is 43.9 Å². The van der Waals surface area contributed by atoms with Crippen LogP contribution < -0.4 is 9.47 Å². The number of rotatable bonds is 16. The first kappa shape index (κ1) is 37.4. The van der Waals surface area contributed by atoms with Crippen LogP contribution in [0.1, 0.15) is 37.3 Å². The summed E-state index contributed by atoms with van der Waals surface area (Å²) in [7, 11) is 0. The van der Waals surface area contributed by atoms with Crippen molar-refractivity contribution >= 4 is 12.1 Å². The molecule has 1 amide bonds. The fourth-order valence-corrected chi connectivity index (χ4v) is 3.84. The molecule has 1 unspecified atom stereocenters. The molecular weight excluding hydrogens is 636 g/mol. The Morgan fingerprint density at radius 3 is 2.07 bits per heavy atom. The van der Waals surface area contributed by atoms with Gasteiger partial charge in [-0.1, -0.05) is 18.2 Å². The maximum absolute atomic E-state index is 13.6. The standard InChI is InChI=1S/C28H29F10NO6/c1-2-43-22(23(40)41)16-18-8-10-20(11-9-18)44-15-14-39(13-4-3-12-25(29,30)27(34,35)28(36,37)38)24(42)45-21-7-5-6-19(17-21)26(31,32)33/h5-11,17,22H,2-4,12-16H2,1H3,(H,40,41). The van der Waals surface area contributed by atoms with Gasteiger partial charge in [0, 0.05) is 26.0 Å². The zero-order valence-electron chi connectivity index (χ0n) is 23.6. The van der Waals surface area contributed by atoms with Crippen molar-refractivity contribution in [3.05, 3.63) is 59.7 Å². The van der Waals surface area contributed by atoms with Crippen molar-refractivity contribution in [1.82, 2.24) is 4.90 Å². The highest BCUT2D eigenvalue weighted by molar-refractivity contribution is 5.72. The average Bonchev–Trinajstić information content (AvgIpc) is 2.93. The molecule has 17 heteroatoms. The molecule has 0 aromatic heterocycles. The van der Waals surface area contributed by atoms with Crippen LogP contribution in [-0.4, -0.2) is 72.5 Å². The molecule has 7 nitrogen and oxygen atoms in total. The molecule has 0 radical (unpaired) electrons. The van der Waals surface area contributed by atoms with Crippen LogP contribution >= 0.6 is 0 Å². The molecule has 1 N–H and O–H groups in total. The van der Waals surface area contributed by atoms with Gasteiger partial charge in [-0.15, -0.1) is 0 Å². The van der Waals surface area contributed by atoms with E-state index < -0.39 is 79.5 Å². The number of carbonyl (C=O) groups is 2. The number of aliphatic carboxylic acids is 1. The average molecular weight is 666 g/mol. The maximum atomic E-state index is 13.6. The van der Waals surface area contributed by atoms with E-state index in [0.29, 0.717) is 17.7 Å². The van der Waals surface area contributed by atoms with Gasteiger partial charge in [-0.25, -0.2) is 9.59 Å². The number of ether oxygens (including phenoxy) is 3. The van der Waals surface area contributed by atoms with Crippen molar-refractivity contribution in [2.45, 2.75) is 62.9 Å². The van der Waals surface area contributed by atoms with Crippen LogP contribution in [-0.2, 0) is 22.1 Å². The number of carboxylic acids is 1. The highest BCUT2D eigenvalue weighted by Crippen LogP contribution is 2.48. The molecular formula is C28H29F10NO6. The number of unbranched alkanes of at least 4 members (excludes halogenated alkanes) is 1. The van der Waals surface area contributed by atoms with Crippen LogP contribution in [0.5, 0.6) is 11.5 Å². The largest absolute Gasteiger partial charge is 0.492 e. The first-order valence-corrected chi connectivity index (χ1v) is 13.3. The normalized spacial score (nSPS) is 13.3. The molecule has 0 saturated heterocycles. The molecule has 2 rings (SSSR count). The van der Waals surface area contributed by atoms with Crippen LogP contribution in [0, 0.1) is 0 Å². The van der Waals surface area contributed by atoms with Crippen molar-refractivity contribution in [3.8, 4) is 11.5 Å². The molecule has 45 heavy (non-hydrogen) atoms. The minimum Gasteiger partial charge on any atom is -0.492 e. The zero-order valence-corrected chi connectivity index (χ0v) is 23.6. The highest BCUT2D eigenvalue weighted by atomic mass is 19.4. The molecule has 2 aromatic rings. The Morgan fingerprint density at radius 1 is 0.867 bits per heavy atom. The highest BCUT2D eigenvalue weighted by Gasteiger charge is 2.72. The van der Waals surface area contributed by atoms with Gasteiger partial charge < -0.3 is 24.2 Å². The summed E-state index contributed by atoms with van der Waals surface area (Å²) in [6.07, 6.45) is -16.8. The van der Waals surface area contributed by atoms with E-state index >= 15 is 0 Å². The van der Waals surface area contributed by atoms with Crippen molar-refractivity contribution in [2.24, 2.45) is 0 Å². The third-order valence-corrected chi connectivity index (χ3v) is 6.23. The van der Waals surface area contributed by atoms with E-state index in [1.54, 1.807) is 19.1 Å². The Balaban J connectivity index is 2.08. The Kier molecular flexibility index (Phi) is 12.9. The van der Waals surface area contributed by atoms with E-state index in [2.05, 4.69) is 0 Å². The lowest BCUT2D eigenvalue weighted by molar-refractivity contribution is -0.355. The van der Waals surface area contributed by atoms with E-state index in [9.17, 15) is 58.6 Å². The molecule has 0 bridgehead atoms. The lowest BCUT2D eigenvalue weighted by Gasteiger charge is -2.28. The van der Waals surface area contributed by atoms with Gasteiger partial charge >= 0.3 is 36.3 Å². The minimum absolute atomic E-state index is 0.0482. The summed E-state index contributed by atoms with van der Waals surface area (Å²) < 4.78 is 145. The third kappa shape index (κ3) is 11.0.